The molecule has 0 saturated carbocycles. The Morgan fingerprint density at radius 1 is 1.32 bits per heavy atom. The van der Waals surface area contributed by atoms with Crippen LogP contribution in [0.3, 0.4) is 0 Å². The highest BCUT2D eigenvalue weighted by atomic mass is 79.9. The van der Waals surface area contributed by atoms with Crippen molar-refractivity contribution in [3.05, 3.63) is 37.5 Å². The van der Waals surface area contributed by atoms with Crippen LogP contribution in [0.2, 0.25) is 0 Å². The second-order valence-electron chi connectivity index (χ2n) is 4.07. The van der Waals surface area contributed by atoms with Crippen LogP contribution in [0.4, 0.5) is 5.95 Å². The van der Waals surface area contributed by atoms with Crippen LogP contribution in [0.25, 0.3) is 11.2 Å². The number of hydrogen-bond donors (Lipinski definition) is 1. The van der Waals surface area contributed by atoms with E-state index in [1.807, 2.05) is 10.6 Å². The number of anilines is 1. The fourth-order valence-electron chi connectivity index (χ4n) is 1.93. The molecule has 0 aliphatic rings. The molecule has 0 unspecified atom stereocenters. The van der Waals surface area contributed by atoms with Gasteiger partial charge in [0, 0.05) is 22.1 Å². The molecule has 3 rings (SSSR count). The summed E-state index contributed by atoms with van der Waals surface area (Å²) in [6, 6.07) is 6.11. The molecule has 0 atom stereocenters. The predicted octanol–water partition coefficient (Wildman–Crippen LogP) is 3.84. The Hall–Kier alpha value is -0.920. The highest BCUT2D eigenvalue weighted by molar-refractivity contribution is 9.11. The van der Waals surface area contributed by atoms with E-state index in [-0.39, 0.29) is 0 Å². The van der Waals surface area contributed by atoms with Crippen LogP contribution in [0.5, 0.6) is 0 Å². The number of fused-ring (bicyclic) bond motifs is 1. The summed E-state index contributed by atoms with van der Waals surface area (Å²) in [4.78, 5) is 10.0. The third-order valence-corrected chi connectivity index (χ3v) is 4.91. The van der Waals surface area contributed by atoms with E-state index < -0.39 is 0 Å². The van der Waals surface area contributed by atoms with E-state index in [1.54, 1.807) is 17.5 Å². The number of halogens is 2. The Morgan fingerprint density at radius 2 is 2.16 bits per heavy atom. The lowest BCUT2D eigenvalue weighted by molar-refractivity contribution is 0.726. The van der Waals surface area contributed by atoms with E-state index in [2.05, 4.69) is 54.0 Å². The molecule has 0 radical (unpaired) electrons. The zero-order valence-electron chi connectivity index (χ0n) is 9.81. The van der Waals surface area contributed by atoms with Gasteiger partial charge < -0.3 is 5.73 Å². The van der Waals surface area contributed by atoms with Gasteiger partial charge in [0.25, 0.3) is 0 Å². The van der Waals surface area contributed by atoms with Crippen LogP contribution in [-0.2, 0) is 13.0 Å². The molecule has 0 aliphatic carbocycles. The lowest BCUT2D eigenvalue weighted by atomic mass is 10.3. The number of aryl methyl sites for hydroxylation is 2. The lowest BCUT2D eigenvalue weighted by Gasteiger charge is -2.04. The van der Waals surface area contributed by atoms with Crippen molar-refractivity contribution in [2.45, 2.75) is 13.0 Å². The predicted molar refractivity (Wildman–Crippen MR) is 85.4 cm³/mol. The third-order valence-electron chi connectivity index (χ3n) is 2.79. The average molecular weight is 402 g/mol. The molecule has 0 bridgehead atoms. The number of hydrogen-bond acceptors (Lipinski definition) is 4. The maximum absolute atomic E-state index is 5.96. The molecule has 3 heterocycles. The molecule has 0 aliphatic heterocycles. The first-order chi connectivity index (χ1) is 9.13. The molecule has 3 aromatic heterocycles. The van der Waals surface area contributed by atoms with Crippen molar-refractivity contribution in [3.8, 4) is 0 Å². The van der Waals surface area contributed by atoms with Crippen LogP contribution in [0.15, 0.2) is 32.7 Å². The van der Waals surface area contributed by atoms with Crippen molar-refractivity contribution < 1.29 is 0 Å². The van der Waals surface area contributed by atoms with Gasteiger partial charge in [-0.1, -0.05) is 0 Å². The summed E-state index contributed by atoms with van der Waals surface area (Å²) < 4.78 is 4.01. The minimum atomic E-state index is 0.510. The second kappa shape index (κ2) is 5.22. The topological polar surface area (TPSA) is 56.7 Å². The van der Waals surface area contributed by atoms with Gasteiger partial charge in [-0.25, -0.2) is 9.97 Å². The Morgan fingerprint density at radius 3 is 2.89 bits per heavy atom. The summed E-state index contributed by atoms with van der Waals surface area (Å²) >= 11 is 8.60. The zero-order valence-corrected chi connectivity index (χ0v) is 13.8. The Balaban J connectivity index is 1.90. The first-order valence-corrected chi connectivity index (χ1v) is 8.05. The van der Waals surface area contributed by atoms with Gasteiger partial charge in [-0.3, -0.25) is 4.57 Å². The molecule has 98 valence electrons. The molecule has 7 heteroatoms. The molecule has 0 saturated heterocycles. The van der Waals surface area contributed by atoms with Gasteiger partial charge in [0.15, 0.2) is 5.65 Å². The van der Waals surface area contributed by atoms with Crippen molar-refractivity contribution in [1.82, 2.24) is 14.5 Å². The van der Waals surface area contributed by atoms with E-state index in [0.717, 1.165) is 32.4 Å². The van der Waals surface area contributed by atoms with Gasteiger partial charge in [0.05, 0.1) is 3.79 Å². The largest absolute Gasteiger partial charge is 0.369 e. The molecule has 0 spiro atoms. The standard InChI is InChI=1S/C12H10Br2N4S/c13-7-5-9-11(16-6-7)18(12(15)17-9)4-3-8-1-2-10(14)19-8/h1-2,5-6H,3-4H2,(H2,15,17). The average Bonchev–Trinajstić information content (AvgIpc) is 2.89. The van der Waals surface area contributed by atoms with E-state index in [4.69, 9.17) is 5.73 Å². The Bertz CT molecular complexity index is 734. The summed E-state index contributed by atoms with van der Waals surface area (Å²) in [5, 5.41) is 0. The van der Waals surface area contributed by atoms with Crippen LogP contribution >= 0.6 is 43.2 Å². The van der Waals surface area contributed by atoms with E-state index in [1.165, 1.54) is 4.88 Å². The van der Waals surface area contributed by atoms with Crippen LogP contribution in [-0.4, -0.2) is 14.5 Å². The van der Waals surface area contributed by atoms with Gasteiger partial charge in [0.2, 0.25) is 5.95 Å². The summed E-state index contributed by atoms with van der Waals surface area (Å²) in [5.74, 6) is 0.510. The number of imidazole rings is 1. The summed E-state index contributed by atoms with van der Waals surface area (Å²) in [5.41, 5.74) is 7.61. The van der Waals surface area contributed by atoms with Crippen molar-refractivity contribution in [1.29, 1.82) is 0 Å². The zero-order chi connectivity index (χ0) is 13.4. The smallest absolute Gasteiger partial charge is 0.202 e. The van der Waals surface area contributed by atoms with Crippen LogP contribution in [0.1, 0.15) is 4.88 Å². The molecule has 2 N–H and O–H groups in total. The highest BCUT2D eigenvalue weighted by Gasteiger charge is 2.10. The first kappa shape index (κ1) is 13.1. The van der Waals surface area contributed by atoms with Crippen molar-refractivity contribution >= 4 is 60.3 Å². The van der Waals surface area contributed by atoms with E-state index in [0.29, 0.717) is 5.95 Å². The van der Waals surface area contributed by atoms with Gasteiger partial charge in [-0.2, -0.15) is 0 Å². The van der Waals surface area contributed by atoms with Gasteiger partial charge in [0.1, 0.15) is 5.52 Å². The number of nitrogens with two attached hydrogens (primary N) is 1. The molecular weight excluding hydrogens is 392 g/mol. The van der Waals surface area contributed by atoms with Crippen molar-refractivity contribution in [2.75, 3.05) is 5.73 Å². The van der Waals surface area contributed by atoms with Gasteiger partial charge in [-0.05, 0) is 56.5 Å². The SMILES string of the molecule is Nc1nc2cc(Br)cnc2n1CCc1ccc(Br)s1. The monoisotopic (exact) mass is 400 g/mol. The maximum atomic E-state index is 5.96. The lowest BCUT2D eigenvalue weighted by Crippen LogP contribution is -2.05. The van der Waals surface area contributed by atoms with Crippen molar-refractivity contribution in [3.63, 3.8) is 0 Å². The van der Waals surface area contributed by atoms with Gasteiger partial charge >= 0.3 is 0 Å². The molecule has 0 amide bonds. The number of pyridine rings is 1. The molecule has 4 nitrogen and oxygen atoms in total. The summed E-state index contributed by atoms with van der Waals surface area (Å²) in [6.07, 6.45) is 2.69. The van der Waals surface area contributed by atoms with Gasteiger partial charge in [-0.15, -0.1) is 11.3 Å². The fraction of sp³-hybridized carbons (Fsp3) is 0.167. The van der Waals surface area contributed by atoms with E-state index >= 15 is 0 Å². The van der Waals surface area contributed by atoms with Crippen molar-refractivity contribution in [2.24, 2.45) is 0 Å². The number of aromatic nitrogens is 3. The molecule has 3 aromatic rings. The molecule has 0 aromatic carbocycles. The summed E-state index contributed by atoms with van der Waals surface area (Å²) in [7, 11) is 0. The normalized spacial score (nSPS) is 11.3. The number of rotatable bonds is 3. The Labute approximate surface area is 130 Å². The molecular formula is C12H10Br2N4S. The number of nitrogens with zero attached hydrogens (tertiary/aromatic N) is 3. The second-order valence-corrected chi connectivity index (χ2v) is 7.54. The quantitative estimate of drug-likeness (QED) is 0.725. The van der Waals surface area contributed by atoms with E-state index in [9.17, 15) is 0 Å². The minimum Gasteiger partial charge on any atom is -0.369 e. The Kier molecular flexibility index (Phi) is 3.60. The third kappa shape index (κ3) is 2.68. The maximum Gasteiger partial charge on any atom is 0.202 e. The molecule has 19 heavy (non-hydrogen) atoms. The fourth-order valence-corrected chi connectivity index (χ4v) is 3.72. The minimum absolute atomic E-state index is 0.510. The number of thiophene rings is 1. The van der Waals surface area contributed by atoms with Crippen LogP contribution < -0.4 is 5.73 Å². The van der Waals surface area contributed by atoms with Crippen LogP contribution in [0, 0.1) is 0 Å². The molecule has 0 fully saturated rings. The first-order valence-electron chi connectivity index (χ1n) is 5.65. The number of nitrogen functional groups attached to an aromatic ring is 1. The highest BCUT2D eigenvalue weighted by Crippen LogP contribution is 2.24. The summed E-state index contributed by atoms with van der Waals surface area (Å²) in [6.45, 7) is 0.782.